The zero-order valence-electron chi connectivity index (χ0n) is 37.3. The van der Waals surface area contributed by atoms with E-state index in [9.17, 15) is 38.4 Å². The highest BCUT2D eigenvalue weighted by Crippen LogP contribution is 2.19. The molecule has 1 aromatic heterocycles. The number of carbonyl (C=O) groups is 8. The highest BCUT2D eigenvalue weighted by molar-refractivity contribution is 5.95. The average molecular weight is 904 g/mol. The number of rotatable bonds is 29. The maximum Gasteiger partial charge on any atom is 0.245 e. The van der Waals surface area contributed by atoms with Crippen LogP contribution in [0.25, 0.3) is 10.9 Å². The fourth-order valence-electron chi connectivity index (χ4n) is 6.80. The predicted molar refractivity (Wildman–Crippen MR) is 245 cm³/mol. The molecule has 0 unspecified atom stereocenters. The predicted octanol–water partition coefficient (Wildman–Crippen LogP) is -1.30. The molecule has 0 saturated carbocycles. The number of guanidine groups is 1. The third kappa shape index (κ3) is 19.1. The Morgan fingerprint density at radius 2 is 1.40 bits per heavy atom. The van der Waals surface area contributed by atoms with Gasteiger partial charge >= 0.3 is 0 Å². The van der Waals surface area contributed by atoms with Gasteiger partial charge in [-0.2, -0.15) is 0 Å². The summed E-state index contributed by atoms with van der Waals surface area (Å²) in [6.07, 6.45) is 4.61. The minimum atomic E-state index is -1.19. The first-order valence-electron chi connectivity index (χ1n) is 21.7. The lowest BCUT2D eigenvalue weighted by atomic mass is 10.0. The van der Waals surface area contributed by atoms with Crippen LogP contribution in [0.15, 0.2) is 65.8 Å². The molecule has 2 atom stereocenters. The Bertz CT molecular complexity index is 2090. The van der Waals surface area contributed by atoms with Gasteiger partial charge in [-0.25, -0.2) is 0 Å². The van der Waals surface area contributed by atoms with Crippen molar-refractivity contribution in [1.82, 2.24) is 41.0 Å². The molecule has 65 heavy (non-hydrogen) atoms. The second-order valence-electron chi connectivity index (χ2n) is 15.5. The Morgan fingerprint density at radius 1 is 0.723 bits per heavy atom. The van der Waals surface area contributed by atoms with Crippen molar-refractivity contribution in [3.05, 3.63) is 71.9 Å². The van der Waals surface area contributed by atoms with Crippen LogP contribution in [0.4, 0.5) is 0 Å². The Morgan fingerprint density at radius 3 is 2.08 bits per heavy atom. The van der Waals surface area contributed by atoms with Gasteiger partial charge in [-0.3, -0.25) is 43.3 Å². The number of carbonyl (C=O) groups excluding carboxylic acids is 8. The van der Waals surface area contributed by atoms with Gasteiger partial charge in [0.05, 0.1) is 26.2 Å². The minimum absolute atomic E-state index is 0.0227. The number of primary amides is 1. The average Bonchev–Trinajstić information content (AvgIpc) is 3.68. The van der Waals surface area contributed by atoms with Gasteiger partial charge in [0, 0.05) is 56.6 Å². The van der Waals surface area contributed by atoms with Crippen LogP contribution in [0.5, 0.6) is 0 Å². The van der Waals surface area contributed by atoms with Crippen LogP contribution in [-0.2, 0) is 51.3 Å². The largest absolute Gasteiger partial charge is 0.370 e. The summed E-state index contributed by atoms with van der Waals surface area (Å²) in [6, 6.07) is 13.9. The third-order valence-electron chi connectivity index (χ3n) is 10.2. The SMILES string of the molecule is CCCCN(CC(=O)NCC(=O)N[C@@H](CCCCN)C(=O)N(CC(=O)N(CCCN=C(N)N)CC(=O)N[C@@H](Cc1c[nH]c2ccccc12)C(=O)NCC(N)=O)Cc1ccccc1)C(C)=O. The Hall–Kier alpha value is -7.03. The maximum absolute atomic E-state index is 14.5. The number of H-pyrrole nitrogens is 1. The number of aromatic amines is 1. The fourth-order valence-corrected chi connectivity index (χ4v) is 6.80. The van der Waals surface area contributed by atoms with Crippen LogP contribution in [0.1, 0.15) is 63.5 Å². The molecule has 0 radical (unpaired) electrons. The number of hydrogen-bond donors (Lipinski definition) is 9. The molecular weight excluding hydrogens is 839 g/mol. The van der Waals surface area contributed by atoms with Gasteiger partial charge in [0.2, 0.25) is 47.3 Å². The molecule has 3 rings (SSSR count). The number of amides is 8. The number of benzene rings is 2. The van der Waals surface area contributed by atoms with E-state index >= 15 is 0 Å². The molecule has 13 N–H and O–H groups in total. The van der Waals surface area contributed by atoms with E-state index in [0.717, 1.165) is 17.3 Å². The van der Waals surface area contributed by atoms with Crippen molar-refractivity contribution < 1.29 is 38.4 Å². The zero-order chi connectivity index (χ0) is 47.7. The topological polar surface area (TPSA) is 327 Å². The molecule has 0 bridgehead atoms. The Labute approximate surface area is 378 Å². The molecule has 354 valence electrons. The summed E-state index contributed by atoms with van der Waals surface area (Å²) in [6.45, 7) is 1.81. The molecule has 0 fully saturated rings. The van der Waals surface area contributed by atoms with Gasteiger partial charge in [0.25, 0.3) is 0 Å². The number of aliphatic imine (C=N–C) groups is 1. The van der Waals surface area contributed by atoms with E-state index in [1.807, 2.05) is 31.2 Å². The second kappa shape index (κ2) is 27.9. The van der Waals surface area contributed by atoms with Crippen molar-refractivity contribution in [2.45, 2.75) is 77.4 Å². The highest BCUT2D eigenvalue weighted by Gasteiger charge is 2.31. The van der Waals surface area contributed by atoms with Gasteiger partial charge < -0.3 is 63.9 Å². The van der Waals surface area contributed by atoms with Gasteiger partial charge in [-0.1, -0.05) is 61.9 Å². The Balaban J connectivity index is 1.87. The van der Waals surface area contributed by atoms with Crippen molar-refractivity contribution in [2.24, 2.45) is 27.9 Å². The van der Waals surface area contributed by atoms with Crippen LogP contribution in [0.2, 0.25) is 0 Å². The van der Waals surface area contributed by atoms with E-state index in [-0.39, 0.29) is 57.3 Å². The summed E-state index contributed by atoms with van der Waals surface area (Å²) in [4.78, 5) is 117. The van der Waals surface area contributed by atoms with Gasteiger partial charge in [-0.05, 0) is 55.8 Å². The number of nitrogens with zero attached hydrogens (tertiary/aromatic N) is 4. The molecule has 0 aliphatic carbocycles. The standard InChI is InChI=1S/C44H65N13O8/c1-3-4-20-55(30(2)58)27-39(61)51-25-38(60)53-35(17-10-11-18-45)43(65)57(26-31-13-6-5-7-14-31)29-41(63)56(21-12-19-49-44(47)48)28-40(62)54-36(42(64)52-24-37(46)59)22-32-23-50-34-16-9-8-15-33(32)34/h5-9,13-16,23,35-36,50H,3-4,10-12,17-22,24-29,45H2,1-2H3,(H2,46,59)(H,51,61)(H,52,64)(H,53,60)(H,54,62)(H4,47,48,49)/t35-,36-/m0/s1. The summed E-state index contributed by atoms with van der Waals surface area (Å²) in [5, 5.41) is 11.2. The van der Waals surface area contributed by atoms with Crippen molar-refractivity contribution in [2.75, 3.05) is 58.9 Å². The third-order valence-corrected chi connectivity index (χ3v) is 10.2. The van der Waals surface area contributed by atoms with E-state index in [1.54, 1.807) is 36.5 Å². The molecule has 3 aromatic rings. The molecular formula is C44H65N13O8. The van der Waals surface area contributed by atoms with Crippen molar-refractivity contribution in [1.29, 1.82) is 0 Å². The summed E-state index contributed by atoms with van der Waals surface area (Å²) in [7, 11) is 0. The summed E-state index contributed by atoms with van der Waals surface area (Å²) in [5.41, 5.74) is 24.3. The maximum atomic E-state index is 14.5. The molecule has 2 aromatic carbocycles. The lowest BCUT2D eigenvalue weighted by molar-refractivity contribution is -0.144. The normalized spacial score (nSPS) is 11.7. The molecule has 0 aliphatic rings. The second-order valence-corrected chi connectivity index (χ2v) is 15.5. The quantitative estimate of drug-likeness (QED) is 0.0224. The number of nitrogens with one attached hydrogen (secondary N) is 5. The zero-order valence-corrected chi connectivity index (χ0v) is 37.3. The minimum Gasteiger partial charge on any atom is -0.370 e. The van der Waals surface area contributed by atoms with E-state index in [2.05, 4.69) is 31.2 Å². The molecule has 0 spiro atoms. The van der Waals surface area contributed by atoms with Crippen LogP contribution in [0, 0.1) is 0 Å². The number of fused-ring (bicyclic) bond motifs is 1. The van der Waals surface area contributed by atoms with Gasteiger partial charge in [0.15, 0.2) is 5.96 Å². The first kappa shape index (κ1) is 52.3. The lowest BCUT2D eigenvalue weighted by Crippen LogP contribution is -2.54. The number of nitrogens with two attached hydrogens (primary N) is 4. The van der Waals surface area contributed by atoms with Crippen LogP contribution >= 0.6 is 0 Å². The molecule has 1 heterocycles. The Kier molecular flexibility index (Phi) is 22.5. The number of para-hydroxylation sites is 1. The monoisotopic (exact) mass is 904 g/mol. The van der Waals surface area contributed by atoms with Crippen LogP contribution in [0.3, 0.4) is 0 Å². The molecule has 0 aliphatic heterocycles. The van der Waals surface area contributed by atoms with E-state index < -0.39 is 79.6 Å². The van der Waals surface area contributed by atoms with Gasteiger partial charge in [0.1, 0.15) is 18.6 Å². The smallest absolute Gasteiger partial charge is 0.245 e. The van der Waals surface area contributed by atoms with Gasteiger partial charge in [-0.15, -0.1) is 0 Å². The fraction of sp³-hybridized carbons (Fsp3) is 0.477. The van der Waals surface area contributed by atoms with E-state index in [4.69, 9.17) is 22.9 Å². The van der Waals surface area contributed by atoms with E-state index in [0.29, 0.717) is 43.5 Å². The molecule has 0 saturated heterocycles. The number of unbranched alkanes of at least 4 members (excludes halogenated alkanes) is 2. The summed E-state index contributed by atoms with van der Waals surface area (Å²) < 4.78 is 0. The first-order chi connectivity index (χ1) is 31.1. The number of aromatic nitrogens is 1. The first-order valence-corrected chi connectivity index (χ1v) is 21.7. The van der Waals surface area contributed by atoms with E-state index in [1.165, 1.54) is 21.6 Å². The van der Waals surface area contributed by atoms with Crippen molar-refractivity contribution >= 4 is 64.1 Å². The molecule has 8 amide bonds. The molecule has 21 heteroatoms. The van der Waals surface area contributed by atoms with Crippen LogP contribution < -0.4 is 44.2 Å². The van der Waals surface area contributed by atoms with Crippen molar-refractivity contribution in [3.63, 3.8) is 0 Å². The summed E-state index contributed by atoms with van der Waals surface area (Å²) >= 11 is 0. The van der Waals surface area contributed by atoms with Crippen LogP contribution in [-0.4, -0.2) is 144 Å². The van der Waals surface area contributed by atoms with Crippen molar-refractivity contribution in [3.8, 4) is 0 Å². The number of hydrogen-bond acceptors (Lipinski definition) is 10. The molecule has 21 nitrogen and oxygen atoms in total. The summed E-state index contributed by atoms with van der Waals surface area (Å²) in [5.74, 6) is -5.09. The highest BCUT2D eigenvalue weighted by atomic mass is 16.2. The lowest BCUT2D eigenvalue weighted by Gasteiger charge is -2.31.